The molecule has 1 saturated carbocycles. The lowest BCUT2D eigenvalue weighted by Crippen LogP contribution is -2.57. The summed E-state index contributed by atoms with van der Waals surface area (Å²) in [5.74, 6) is -1.34. The highest BCUT2D eigenvalue weighted by Crippen LogP contribution is 2.50. The minimum absolute atomic E-state index is 0.0813. The largest absolute Gasteiger partial charge is 0.480 e. The average molecular weight is 379 g/mol. The molecule has 146 valence electrons. The van der Waals surface area contributed by atoms with Crippen LogP contribution in [0.4, 0.5) is 5.69 Å². The number of nitrogens with zero attached hydrogens (tertiary/aromatic N) is 1. The van der Waals surface area contributed by atoms with E-state index in [1.54, 1.807) is 18.3 Å². The van der Waals surface area contributed by atoms with Gasteiger partial charge in [0, 0.05) is 42.0 Å². The van der Waals surface area contributed by atoms with Crippen molar-refractivity contribution in [3.8, 4) is 0 Å². The fourth-order valence-corrected chi connectivity index (χ4v) is 4.94. The number of carbonyl (C=O) groups is 2. The molecule has 1 aromatic carbocycles. The van der Waals surface area contributed by atoms with Crippen LogP contribution in [-0.4, -0.2) is 33.4 Å². The number of nitrogens with one attached hydrogen (secondary N) is 1. The maximum Gasteiger partial charge on any atom is 0.324 e. The second-order valence-corrected chi connectivity index (χ2v) is 7.92. The van der Waals surface area contributed by atoms with E-state index in [1.165, 1.54) is 6.20 Å². The van der Waals surface area contributed by atoms with Crippen LogP contribution >= 0.6 is 0 Å². The van der Waals surface area contributed by atoms with Crippen LogP contribution in [0.1, 0.15) is 53.9 Å². The van der Waals surface area contributed by atoms with Crippen molar-refractivity contribution in [2.45, 2.75) is 49.6 Å². The molecule has 0 amide bonds. The number of carboxylic acid groups (broad SMARTS) is 1. The monoisotopic (exact) mass is 379 g/mol. The molecule has 1 aliphatic carbocycles. The van der Waals surface area contributed by atoms with E-state index in [0.717, 1.165) is 30.5 Å². The Kier molecular flexibility index (Phi) is 4.89. The van der Waals surface area contributed by atoms with Gasteiger partial charge in [-0.1, -0.05) is 24.6 Å². The number of hydrogen-bond acceptors (Lipinski definition) is 5. The van der Waals surface area contributed by atoms with Crippen LogP contribution in [0.15, 0.2) is 48.8 Å². The van der Waals surface area contributed by atoms with Crippen LogP contribution in [0, 0.1) is 5.92 Å². The molecule has 0 radical (unpaired) electrons. The Hall–Kier alpha value is -2.73. The number of fused-ring (bicyclic) bond motifs is 2. The molecule has 2 heterocycles. The Morgan fingerprint density at radius 1 is 1.21 bits per heavy atom. The zero-order valence-electron chi connectivity index (χ0n) is 15.7. The lowest BCUT2D eigenvalue weighted by atomic mass is 9.66. The van der Waals surface area contributed by atoms with Crippen molar-refractivity contribution in [1.29, 1.82) is 0 Å². The van der Waals surface area contributed by atoms with Crippen LogP contribution < -0.4 is 11.1 Å². The Balaban J connectivity index is 1.66. The van der Waals surface area contributed by atoms with Gasteiger partial charge in [-0.2, -0.15) is 0 Å². The number of nitrogens with two attached hydrogens (primary N) is 1. The van der Waals surface area contributed by atoms with Crippen LogP contribution in [0.5, 0.6) is 0 Å². The van der Waals surface area contributed by atoms with Crippen molar-refractivity contribution in [1.82, 2.24) is 4.98 Å². The summed E-state index contributed by atoms with van der Waals surface area (Å²) in [4.78, 5) is 28.9. The third kappa shape index (κ3) is 3.18. The van der Waals surface area contributed by atoms with E-state index >= 15 is 0 Å². The number of rotatable bonds is 6. The van der Waals surface area contributed by atoms with Gasteiger partial charge in [-0.05, 0) is 48.9 Å². The molecule has 0 spiro atoms. The highest BCUT2D eigenvalue weighted by Gasteiger charge is 2.52. The number of aliphatic carboxylic acids is 1. The van der Waals surface area contributed by atoms with Crippen molar-refractivity contribution in [3.05, 3.63) is 59.9 Å². The van der Waals surface area contributed by atoms with Crippen LogP contribution in [-0.2, 0) is 4.79 Å². The first-order valence-corrected chi connectivity index (χ1v) is 9.81. The lowest BCUT2D eigenvalue weighted by molar-refractivity contribution is -0.145. The van der Waals surface area contributed by atoms with Crippen molar-refractivity contribution in [2.24, 2.45) is 11.7 Å². The van der Waals surface area contributed by atoms with Gasteiger partial charge in [0.25, 0.3) is 0 Å². The third-order valence-corrected chi connectivity index (χ3v) is 6.34. The SMILES string of the molecule is NC(CCC(=O)c1cccnc1)(C(=O)O)C1c2ccccc2N[C@@H]2CCC[C@H]12. The van der Waals surface area contributed by atoms with E-state index in [-0.39, 0.29) is 36.5 Å². The Morgan fingerprint density at radius 3 is 2.79 bits per heavy atom. The summed E-state index contributed by atoms with van der Waals surface area (Å²) in [5, 5.41) is 13.7. The number of carboxylic acids is 1. The number of para-hydroxylation sites is 1. The number of anilines is 1. The fraction of sp³-hybridized carbons (Fsp3) is 0.409. The lowest BCUT2D eigenvalue weighted by Gasteiger charge is -2.44. The molecule has 6 heteroatoms. The van der Waals surface area contributed by atoms with Gasteiger partial charge in [-0.15, -0.1) is 0 Å². The molecule has 2 aliphatic rings. The minimum Gasteiger partial charge on any atom is -0.480 e. The molecule has 4 N–H and O–H groups in total. The highest BCUT2D eigenvalue weighted by atomic mass is 16.4. The number of pyridine rings is 1. The third-order valence-electron chi connectivity index (χ3n) is 6.34. The molecule has 1 aliphatic heterocycles. The second kappa shape index (κ2) is 7.36. The molecular formula is C22H25N3O3. The molecule has 4 rings (SSSR count). The number of benzene rings is 1. The van der Waals surface area contributed by atoms with Gasteiger partial charge >= 0.3 is 5.97 Å². The summed E-state index contributed by atoms with van der Waals surface area (Å²) in [6, 6.07) is 11.5. The zero-order chi connectivity index (χ0) is 19.7. The van der Waals surface area contributed by atoms with E-state index < -0.39 is 11.5 Å². The number of hydrogen-bond donors (Lipinski definition) is 3. The van der Waals surface area contributed by atoms with E-state index in [4.69, 9.17) is 5.73 Å². The molecule has 0 saturated heterocycles. The smallest absolute Gasteiger partial charge is 0.324 e. The quantitative estimate of drug-likeness (QED) is 0.666. The number of aromatic nitrogens is 1. The van der Waals surface area contributed by atoms with Gasteiger partial charge in [-0.3, -0.25) is 14.6 Å². The normalized spacial score (nSPS) is 25.1. The highest BCUT2D eigenvalue weighted by molar-refractivity contribution is 5.96. The van der Waals surface area contributed by atoms with Crippen molar-refractivity contribution in [2.75, 3.05) is 5.32 Å². The molecule has 2 aromatic rings. The first-order chi connectivity index (χ1) is 13.5. The van der Waals surface area contributed by atoms with Crippen LogP contribution in [0.3, 0.4) is 0 Å². The first kappa shape index (κ1) is 18.6. The summed E-state index contributed by atoms with van der Waals surface area (Å²) >= 11 is 0. The van der Waals surface area contributed by atoms with Gasteiger partial charge in [0.15, 0.2) is 5.78 Å². The maximum absolute atomic E-state index is 12.6. The summed E-state index contributed by atoms with van der Waals surface area (Å²) in [7, 11) is 0. The summed E-state index contributed by atoms with van der Waals surface area (Å²) in [5.41, 5.74) is 7.52. The summed E-state index contributed by atoms with van der Waals surface area (Å²) < 4.78 is 0. The average Bonchev–Trinajstić information content (AvgIpc) is 3.18. The number of ketones is 1. The van der Waals surface area contributed by atoms with E-state index in [0.29, 0.717) is 5.56 Å². The Labute approximate surface area is 164 Å². The van der Waals surface area contributed by atoms with Crippen molar-refractivity contribution in [3.63, 3.8) is 0 Å². The Bertz CT molecular complexity index is 886. The summed E-state index contributed by atoms with van der Waals surface area (Å²) in [6.07, 6.45) is 6.30. The van der Waals surface area contributed by atoms with Crippen molar-refractivity contribution >= 4 is 17.4 Å². The maximum atomic E-state index is 12.6. The van der Waals surface area contributed by atoms with Gasteiger partial charge in [0.05, 0.1) is 0 Å². The predicted octanol–water partition coefficient (Wildman–Crippen LogP) is 3.20. The van der Waals surface area contributed by atoms with Gasteiger partial charge in [-0.25, -0.2) is 0 Å². The molecule has 4 atom stereocenters. The second-order valence-electron chi connectivity index (χ2n) is 7.92. The standard InChI is InChI=1S/C22H25N3O3/c23-22(21(27)28,11-10-19(26)14-5-4-12-24-13-14)20-15-6-1-2-8-17(15)25-18-9-3-7-16(18)20/h1-2,4-6,8,12-13,16,18,20,25H,3,7,9-11,23H2,(H,27,28)/t16-,18+,20?,22?/m0/s1. The molecule has 6 nitrogen and oxygen atoms in total. The van der Waals surface area contributed by atoms with Gasteiger partial charge in [0.1, 0.15) is 5.54 Å². The van der Waals surface area contributed by atoms with Crippen LogP contribution in [0.2, 0.25) is 0 Å². The predicted molar refractivity (Wildman–Crippen MR) is 106 cm³/mol. The molecule has 28 heavy (non-hydrogen) atoms. The van der Waals surface area contributed by atoms with Crippen LogP contribution in [0.25, 0.3) is 0 Å². The first-order valence-electron chi connectivity index (χ1n) is 9.81. The van der Waals surface area contributed by atoms with Gasteiger partial charge in [0.2, 0.25) is 0 Å². The Morgan fingerprint density at radius 2 is 2.04 bits per heavy atom. The topological polar surface area (TPSA) is 105 Å². The van der Waals surface area contributed by atoms with E-state index in [1.807, 2.05) is 24.3 Å². The fourth-order valence-electron chi connectivity index (χ4n) is 4.94. The molecular weight excluding hydrogens is 354 g/mol. The molecule has 1 aromatic heterocycles. The molecule has 0 bridgehead atoms. The number of Topliss-reactive ketones (excluding diaryl/α,β-unsaturated/α-hetero) is 1. The number of carbonyl (C=O) groups excluding carboxylic acids is 1. The molecule has 2 unspecified atom stereocenters. The van der Waals surface area contributed by atoms with Gasteiger partial charge < -0.3 is 16.2 Å². The van der Waals surface area contributed by atoms with E-state index in [9.17, 15) is 14.7 Å². The summed E-state index contributed by atoms with van der Waals surface area (Å²) in [6.45, 7) is 0. The van der Waals surface area contributed by atoms with E-state index in [2.05, 4.69) is 10.3 Å². The minimum atomic E-state index is -1.50. The molecule has 1 fully saturated rings. The van der Waals surface area contributed by atoms with Crippen molar-refractivity contribution < 1.29 is 14.7 Å². The zero-order valence-corrected chi connectivity index (χ0v) is 15.7.